The number of halogens is 2. The van der Waals surface area contributed by atoms with Gasteiger partial charge in [-0.25, -0.2) is 8.78 Å². The average Bonchev–Trinajstić information content (AvgIpc) is 2.51. The Bertz CT molecular complexity index is 547. The van der Waals surface area contributed by atoms with Crippen LogP contribution in [0.25, 0.3) is 0 Å². The standard InChI is InChI=1S/C17H22F2N2O/c18-14-8-7-13(10-15(14)19)20-17(22)11-21-9-3-5-12-4-1-2-6-16(12)21/h7-8,10,12,16H,1-6,9,11H2,(H,20,22)/p+1/t12-,16-/m0/s1. The molecule has 22 heavy (non-hydrogen) atoms. The van der Waals surface area contributed by atoms with E-state index in [4.69, 9.17) is 0 Å². The Morgan fingerprint density at radius 3 is 2.73 bits per heavy atom. The molecule has 2 aliphatic rings. The molecule has 3 rings (SSSR count). The summed E-state index contributed by atoms with van der Waals surface area (Å²) in [5.74, 6) is -1.19. The number of nitrogens with one attached hydrogen (secondary N) is 2. The number of piperidine rings is 1. The van der Waals surface area contributed by atoms with Crippen molar-refractivity contribution < 1.29 is 18.5 Å². The van der Waals surface area contributed by atoms with Crippen molar-refractivity contribution in [3.05, 3.63) is 29.8 Å². The number of rotatable bonds is 3. The van der Waals surface area contributed by atoms with Crippen LogP contribution in [0.4, 0.5) is 14.5 Å². The zero-order chi connectivity index (χ0) is 15.5. The van der Waals surface area contributed by atoms with E-state index in [1.165, 1.54) is 49.5 Å². The van der Waals surface area contributed by atoms with Gasteiger partial charge in [0.2, 0.25) is 0 Å². The van der Waals surface area contributed by atoms with E-state index < -0.39 is 11.6 Å². The molecule has 1 aromatic carbocycles. The van der Waals surface area contributed by atoms with Gasteiger partial charge in [0, 0.05) is 17.7 Å². The van der Waals surface area contributed by atoms with E-state index >= 15 is 0 Å². The van der Waals surface area contributed by atoms with Crippen LogP contribution in [-0.2, 0) is 4.79 Å². The van der Waals surface area contributed by atoms with Crippen molar-refractivity contribution in [3.8, 4) is 0 Å². The zero-order valence-electron chi connectivity index (χ0n) is 12.7. The highest BCUT2D eigenvalue weighted by molar-refractivity contribution is 5.91. The molecule has 1 aliphatic carbocycles. The number of likely N-dealkylation sites (tertiary alicyclic amines) is 1. The highest BCUT2D eigenvalue weighted by atomic mass is 19.2. The molecule has 0 aromatic heterocycles. The first-order chi connectivity index (χ1) is 10.6. The Hall–Kier alpha value is -1.49. The van der Waals surface area contributed by atoms with Gasteiger partial charge in [-0.1, -0.05) is 6.42 Å². The molecule has 3 atom stereocenters. The lowest BCUT2D eigenvalue weighted by Crippen LogP contribution is -3.18. The van der Waals surface area contributed by atoms with Crippen molar-refractivity contribution in [2.45, 2.75) is 44.6 Å². The van der Waals surface area contributed by atoms with E-state index in [9.17, 15) is 13.6 Å². The van der Waals surface area contributed by atoms with E-state index in [0.29, 0.717) is 18.3 Å². The minimum absolute atomic E-state index is 0.118. The first kappa shape index (κ1) is 15.4. The number of anilines is 1. The first-order valence-corrected chi connectivity index (χ1v) is 8.23. The van der Waals surface area contributed by atoms with Crippen LogP contribution in [0.2, 0.25) is 0 Å². The number of fused-ring (bicyclic) bond motifs is 1. The van der Waals surface area contributed by atoms with Gasteiger partial charge in [-0.05, 0) is 44.2 Å². The third-order valence-electron chi connectivity index (χ3n) is 5.10. The number of carbonyl (C=O) groups is 1. The maximum absolute atomic E-state index is 13.2. The second-order valence-corrected chi connectivity index (χ2v) is 6.56. The maximum atomic E-state index is 13.2. The average molecular weight is 309 g/mol. The van der Waals surface area contributed by atoms with Gasteiger partial charge >= 0.3 is 0 Å². The fourth-order valence-corrected chi connectivity index (χ4v) is 4.07. The quantitative estimate of drug-likeness (QED) is 0.881. The van der Waals surface area contributed by atoms with E-state index in [0.717, 1.165) is 24.6 Å². The van der Waals surface area contributed by atoms with Crippen molar-refractivity contribution in [1.29, 1.82) is 0 Å². The van der Waals surface area contributed by atoms with Crippen molar-refractivity contribution in [2.24, 2.45) is 5.92 Å². The molecule has 120 valence electrons. The SMILES string of the molecule is O=C(C[NH+]1CCC[C@@H]2CCCC[C@@H]21)Nc1ccc(F)c(F)c1. The molecule has 5 heteroatoms. The smallest absolute Gasteiger partial charge is 0.279 e. The van der Waals surface area contributed by atoms with Gasteiger partial charge < -0.3 is 10.2 Å². The largest absolute Gasteiger partial charge is 0.324 e. The fraction of sp³-hybridized carbons (Fsp3) is 0.588. The Kier molecular flexibility index (Phi) is 4.71. The maximum Gasteiger partial charge on any atom is 0.279 e. The van der Waals surface area contributed by atoms with Crippen LogP contribution in [-0.4, -0.2) is 25.0 Å². The van der Waals surface area contributed by atoms with Crippen molar-refractivity contribution in [2.75, 3.05) is 18.4 Å². The number of amides is 1. The Balaban J connectivity index is 1.59. The molecule has 3 nitrogen and oxygen atoms in total. The van der Waals surface area contributed by atoms with Gasteiger partial charge in [-0.2, -0.15) is 0 Å². The summed E-state index contributed by atoms with van der Waals surface area (Å²) >= 11 is 0. The minimum atomic E-state index is -0.935. The third kappa shape index (κ3) is 3.46. The summed E-state index contributed by atoms with van der Waals surface area (Å²) in [6, 6.07) is 4.06. The summed E-state index contributed by atoms with van der Waals surface area (Å²) in [7, 11) is 0. The molecular formula is C17H23F2N2O+. The van der Waals surface area contributed by atoms with Crippen LogP contribution in [0.1, 0.15) is 38.5 Å². The second kappa shape index (κ2) is 6.73. The van der Waals surface area contributed by atoms with Gasteiger partial charge in [0.25, 0.3) is 5.91 Å². The van der Waals surface area contributed by atoms with Crippen LogP contribution in [0.3, 0.4) is 0 Å². The molecule has 0 bridgehead atoms. The van der Waals surface area contributed by atoms with Gasteiger partial charge in [0.05, 0.1) is 12.6 Å². The highest BCUT2D eigenvalue weighted by Crippen LogP contribution is 2.28. The van der Waals surface area contributed by atoms with Crippen LogP contribution >= 0.6 is 0 Å². The van der Waals surface area contributed by atoms with Crippen LogP contribution in [0.5, 0.6) is 0 Å². The number of benzene rings is 1. The normalized spacial score (nSPS) is 28.0. The molecule has 1 saturated carbocycles. The summed E-state index contributed by atoms with van der Waals surface area (Å²) in [5, 5.41) is 2.69. The lowest BCUT2D eigenvalue weighted by atomic mass is 9.78. The predicted octanol–water partition coefficient (Wildman–Crippen LogP) is 2.14. The fourth-order valence-electron chi connectivity index (χ4n) is 4.07. The lowest BCUT2D eigenvalue weighted by molar-refractivity contribution is -0.928. The molecule has 2 N–H and O–H groups in total. The van der Waals surface area contributed by atoms with E-state index in [2.05, 4.69) is 5.32 Å². The Labute approximate surface area is 129 Å². The third-order valence-corrected chi connectivity index (χ3v) is 5.10. The first-order valence-electron chi connectivity index (χ1n) is 8.23. The molecule has 1 unspecified atom stereocenters. The van der Waals surface area contributed by atoms with Crippen molar-refractivity contribution in [3.63, 3.8) is 0 Å². The Morgan fingerprint density at radius 2 is 1.91 bits per heavy atom. The summed E-state index contributed by atoms with van der Waals surface area (Å²) in [5.41, 5.74) is 0.320. The van der Waals surface area contributed by atoms with Crippen molar-refractivity contribution in [1.82, 2.24) is 0 Å². The van der Waals surface area contributed by atoms with Crippen LogP contribution in [0.15, 0.2) is 18.2 Å². The lowest BCUT2D eigenvalue weighted by Gasteiger charge is -2.40. The van der Waals surface area contributed by atoms with Crippen LogP contribution in [0, 0.1) is 17.6 Å². The van der Waals surface area contributed by atoms with E-state index in [1.54, 1.807) is 0 Å². The van der Waals surface area contributed by atoms with E-state index in [-0.39, 0.29) is 5.91 Å². The molecule has 2 fully saturated rings. The summed E-state index contributed by atoms with van der Waals surface area (Å²) < 4.78 is 26.1. The minimum Gasteiger partial charge on any atom is -0.324 e. The molecule has 1 amide bonds. The molecular weight excluding hydrogens is 286 g/mol. The van der Waals surface area contributed by atoms with Gasteiger partial charge in [-0.15, -0.1) is 0 Å². The number of quaternary nitrogens is 1. The van der Waals surface area contributed by atoms with Gasteiger partial charge in [0.1, 0.15) is 0 Å². The van der Waals surface area contributed by atoms with Gasteiger partial charge in [0.15, 0.2) is 18.2 Å². The van der Waals surface area contributed by atoms with Crippen LogP contribution < -0.4 is 10.2 Å². The summed E-state index contributed by atoms with van der Waals surface area (Å²) in [6.07, 6.45) is 7.54. The molecule has 1 saturated heterocycles. The summed E-state index contributed by atoms with van der Waals surface area (Å²) in [6.45, 7) is 1.45. The molecule has 0 spiro atoms. The predicted molar refractivity (Wildman–Crippen MR) is 80.7 cm³/mol. The molecule has 1 heterocycles. The monoisotopic (exact) mass is 309 g/mol. The molecule has 1 aliphatic heterocycles. The van der Waals surface area contributed by atoms with E-state index in [1.807, 2.05) is 0 Å². The van der Waals surface area contributed by atoms with Crippen molar-refractivity contribution >= 4 is 11.6 Å². The molecule has 0 radical (unpaired) electrons. The summed E-state index contributed by atoms with van der Waals surface area (Å²) in [4.78, 5) is 13.6. The zero-order valence-corrected chi connectivity index (χ0v) is 12.7. The number of carbonyl (C=O) groups excluding carboxylic acids is 1. The number of hydrogen-bond donors (Lipinski definition) is 2. The molecule has 1 aromatic rings. The Morgan fingerprint density at radius 1 is 1.14 bits per heavy atom. The second-order valence-electron chi connectivity index (χ2n) is 6.56. The highest BCUT2D eigenvalue weighted by Gasteiger charge is 2.37. The topological polar surface area (TPSA) is 33.5 Å². The van der Waals surface area contributed by atoms with Gasteiger partial charge in [-0.3, -0.25) is 4.79 Å². The number of hydrogen-bond acceptors (Lipinski definition) is 1.